The van der Waals surface area contributed by atoms with Crippen molar-refractivity contribution in [1.29, 1.82) is 0 Å². The lowest BCUT2D eigenvalue weighted by Crippen LogP contribution is -2.35. The Kier molecular flexibility index (Phi) is 3.17. The Morgan fingerprint density at radius 1 is 1.29 bits per heavy atom. The first-order valence-electron chi connectivity index (χ1n) is 5.29. The lowest BCUT2D eigenvalue weighted by molar-refractivity contribution is 0.240. The van der Waals surface area contributed by atoms with E-state index in [0.717, 1.165) is 6.42 Å². The Labute approximate surface area is 85.0 Å². The summed E-state index contributed by atoms with van der Waals surface area (Å²) in [6.07, 6.45) is 3.46. The van der Waals surface area contributed by atoms with E-state index in [1.54, 1.807) is 0 Å². The number of aliphatic hydroxyl groups is 1. The van der Waals surface area contributed by atoms with Crippen LogP contribution in [0, 0.1) is 0 Å². The second kappa shape index (κ2) is 4.58. The van der Waals surface area contributed by atoms with Gasteiger partial charge >= 0.3 is 0 Å². The SMILES string of the molecule is OCC(Cc1ccccc1)NC1CC1. The van der Waals surface area contributed by atoms with Crippen molar-refractivity contribution in [2.24, 2.45) is 0 Å². The maximum absolute atomic E-state index is 9.20. The second-order valence-corrected chi connectivity index (χ2v) is 4.01. The molecule has 1 aliphatic rings. The highest BCUT2D eigenvalue weighted by molar-refractivity contribution is 5.16. The number of hydrogen-bond donors (Lipinski definition) is 2. The van der Waals surface area contributed by atoms with E-state index in [1.165, 1.54) is 18.4 Å². The van der Waals surface area contributed by atoms with Crippen LogP contribution in [0.2, 0.25) is 0 Å². The summed E-state index contributed by atoms with van der Waals surface area (Å²) in [5, 5.41) is 12.6. The molecule has 0 bridgehead atoms. The molecule has 2 N–H and O–H groups in total. The average molecular weight is 191 g/mol. The fourth-order valence-corrected chi connectivity index (χ4v) is 1.66. The molecule has 0 aliphatic heterocycles. The minimum atomic E-state index is 0.227. The van der Waals surface area contributed by atoms with E-state index in [-0.39, 0.29) is 12.6 Å². The molecule has 2 rings (SSSR count). The lowest BCUT2D eigenvalue weighted by Gasteiger charge is -2.15. The summed E-state index contributed by atoms with van der Waals surface area (Å²) >= 11 is 0. The molecule has 1 aromatic carbocycles. The van der Waals surface area contributed by atoms with Gasteiger partial charge in [-0.3, -0.25) is 0 Å². The monoisotopic (exact) mass is 191 g/mol. The van der Waals surface area contributed by atoms with Crippen LogP contribution in [-0.4, -0.2) is 23.8 Å². The minimum absolute atomic E-state index is 0.227. The highest BCUT2D eigenvalue weighted by Gasteiger charge is 2.24. The number of rotatable bonds is 5. The third kappa shape index (κ3) is 2.82. The van der Waals surface area contributed by atoms with E-state index in [0.29, 0.717) is 6.04 Å². The molecule has 1 atom stereocenters. The Bertz CT molecular complexity index is 269. The fraction of sp³-hybridized carbons (Fsp3) is 0.500. The van der Waals surface area contributed by atoms with Gasteiger partial charge in [0, 0.05) is 12.1 Å². The summed E-state index contributed by atoms with van der Waals surface area (Å²) in [7, 11) is 0. The molecule has 14 heavy (non-hydrogen) atoms. The average Bonchev–Trinajstić information content (AvgIpc) is 3.02. The summed E-state index contributed by atoms with van der Waals surface area (Å²) in [6.45, 7) is 0.228. The predicted octanol–water partition coefficient (Wildman–Crippen LogP) is 1.34. The Morgan fingerprint density at radius 3 is 2.57 bits per heavy atom. The summed E-state index contributed by atoms with van der Waals surface area (Å²) in [6, 6.07) is 11.2. The van der Waals surface area contributed by atoms with E-state index in [4.69, 9.17) is 0 Å². The smallest absolute Gasteiger partial charge is 0.0587 e. The number of benzene rings is 1. The molecule has 1 fully saturated rings. The van der Waals surface area contributed by atoms with Gasteiger partial charge in [0.15, 0.2) is 0 Å². The number of aliphatic hydroxyl groups excluding tert-OH is 1. The molecule has 1 aromatic rings. The van der Waals surface area contributed by atoms with Crippen LogP contribution in [0.25, 0.3) is 0 Å². The number of hydrogen-bond acceptors (Lipinski definition) is 2. The van der Waals surface area contributed by atoms with Crippen LogP contribution < -0.4 is 5.32 Å². The van der Waals surface area contributed by atoms with Gasteiger partial charge in [0.1, 0.15) is 0 Å². The van der Waals surface area contributed by atoms with Crippen LogP contribution in [0.4, 0.5) is 0 Å². The molecule has 0 spiro atoms. The molecular formula is C12H17NO. The third-order valence-corrected chi connectivity index (χ3v) is 2.59. The zero-order valence-corrected chi connectivity index (χ0v) is 8.32. The normalized spacial score (nSPS) is 18.1. The molecular weight excluding hydrogens is 174 g/mol. The van der Waals surface area contributed by atoms with E-state index in [1.807, 2.05) is 18.2 Å². The van der Waals surface area contributed by atoms with Gasteiger partial charge < -0.3 is 10.4 Å². The van der Waals surface area contributed by atoms with Crippen molar-refractivity contribution in [3.05, 3.63) is 35.9 Å². The Morgan fingerprint density at radius 2 is 2.00 bits per heavy atom. The quantitative estimate of drug-likeness (QED) is 0.736. The molecule has 0 saturated heterocycles. The van der Waals surface area contributed by atoms with E-state index < -0.39 is 0 Å². The molecule has 76 valence electrons. The summed E-state index contributed by atoms with van der Waals surface area (Å²) < 4.78 is 0. The molecule has 1 unspecified atom stereocenters. The van der Waals surface area contributed by atoms with Crippen molar-refractivity contribution in [3.8, 4) is 0 Å². The van der Waals surface area contributed by atoms with Gasteiger partial charge in [-0.2, -0.15) is 0 Å². The first kappa shape index (κ1) is 9.69. The van der Waals surface area contributed by atoms with Crippen molar-refractivity contribution in [2.75, 3.05) is 6.61 Å². The van der Waals surface area contributed by atoms with Crippen LogP contribution in [-0.2, 0) is 6.42 Å². The first-order valence-corrected chi connectivity index (χ1v) is 5.29. The lowest BCUT2D eigenvalue weighted by atomic mass is 10.1. The van der Waals surface area contributed by atoms with Gasteiger partial charge in [-0.15, -0.1) is 0 Å². The van der Waals surface area contributed by atoms with Gasteiger partial charge in [0.05, 0.1) is 6.61 Å². The maximum atomic E-state index is 9.20. The molecule has 1 aliphatic carbocycles. The highest BCUT2D eigenvalue weighted by atomic mass is 16.3. The zero-order valence-electron chi connectivity index (χ0n) is 8.32. The van der Waals surface area contributed by atoms with Gasteiger partial charge in [-0.05, 0) is 24.8 Å². The molecule has 0 heterocycles. The second-order valence-electron chi connectivity index (χ2n) is 4.01. The van der Waals surface area contributed by atoms with Crippen LogP contribution >= 0.6 is 0 Å². The summed E-state index contributed by atoms with van der Waals surface area (Å²) in [5.41, 5.74) is 1.29. The number of nitrogens with one attached hydrogen (secondary N) is 1. The van der Waals surface area contributed by atoms with E-state index >= 15 is 0 Å². The van der Waals surface area contributed by atoms with Gasteiger partial charge in [0.2, 0.25) is 0 Å². The van der Waals surface area contributed by atoms with Crippen molar-refractivity contribution in [2.45, 2.75) is 31.3 Å². The molecule has 1 saturated carbocycles. The van der Waals surface area contributed by atoms with Gasteiger partial charge in [-0.25, -0.2) is 0 Å². The Hall–Kier alpha value is -0.860. The third-order valence-electron chi connectivity index (χ3n) is 2.59. The summed E-state index contributed by atoms with van der Waals surface area (Å²) in [5.74, 6) is 0. The van der Waals surface area contributed by atoms with Gasteiger partial charge in [-0.1, -0.05) is 30.3 Å². The predicted molar refractivity (Wildman–Crippen MR) is 57.2 cm³/mol. The summed E-state index contributed by atoms with van der Waals surface area (Å²) in [4.78, 5) is 0. The van der Waals surface area contributed by atoms with Crippen LogP contribution in [0.1, 0.15) is 18.4 Å². The highest BCUT2D eigenvalue weighted by Crippen LogP contribution is 2.20. The topological polar surface area (TPSA) is 32.3 Å². The molecule has 0 aromatic heterocycles. The van der Waals surface area contributed by atoms with E-state index in [2.05, 4.69) is 17.4 Å². The standard InChI is InChI=1S/C12H17NO/c14-9-12(13-11-6-7-11)8-10-4-2-1-3-5-10/h1-5,11-14H,6-9H2. The van der Waals surface area contributed by atoms with Crippen molar-refractivity contribution < 1.29 is 5.11 Å². The molecule has 0 radical (unpaired) electrons. The van der Waals surface area contributed by atoms with Crippen molar-refractivity contribution in [1.82, 2.24) is 5.32 Å². The van der Waals surface area contributed by atoms with Crippen LogP contribution in [0.5, 0.6) is 0 Å². The van der Waals surface area contributed by atoms with Crippen LogP contribution in [0.15, 0.2) is 30.3 Å². The molecule has 2 heteroatoms. The fourth-order valence-electron chi connectivity index (χ4n) is 1.66. The molecule has 2 nitrogen and oxygen atoms in total. The molecule has 0 amide bonds. The van der Waals surface area contributed by atoms with Gasteiger partial charge in [0.25, 0.3) is 0 Å². The van der Waals surface area contributed by atoms with Crippen molar-refractivity contribution in [3.63, 3.8) is 0 Å². The van der Waals surface area contributed by atoms with Crippen molar-refractivity contribution >= 4 is 0 Å². The largest absolute Gasteiger partial charge is 0.395 e. The maximum Gasteiger partial charge on any atom is 0.0587 e. The van der Waals surface area contributed by atoms with E-state index in [9.17, 15) is 5.11 Å². The zero-order chi connectivity index (χ0) is 9.80. The Balaban J connectivity index is 1.87. The van der Waals surface area contributed by atoms with Crippen LogP contribution in [0.3, 0.4) is 0 Å². The first-order chi connectivity index (χ1) is 6.88. The minimum Gasteiger partial charge on any atom is -0.395 e.